The third-order valence-corrected chi connectivity index (χ3v) is 7.99. The Morgan fingerprint density at radius 3 is 2.30 bits per heavy atom. The fourth-order valence-electron chi connectivity index (χ4n) is 5.74. The monoisotopic (exact) mass is 508 g/mol. The maximum absolute atomic E-state index is 13.3. The van der Waals surface area contributed by atoms with Gasteiger partial charge in [-0.3, -0.25) is 9.69 Å². The summed E-state index contributed by atoms with van der Waals surface area (Å²) in [6.07, 6.45) is 0.841. The van der Waals surface area contributed by atoms with Crippen LogP contribution in [0.5, 0.6) is 5.75 Å². The van der Waals surface area contributed by atoms with Gasteiger partial charge in [0.25, 0.3) is 5.91 Å². The van der Waals surface area contributed by atoms with E-state index in [4.69, 9.17) is 9.47 Å². The Kier molecular flexibility index (Phi) is 8.48. The first-order valence-corrected chi connectivity index (χ1v) is 13.6. The van der Waals surface area contributed by atoms with Gasteiger partial charge in [-0.1, -0.05) is 30.3 Å². The van der Waals surface area contributed by atoms with Crippen molar-refractivity contribution < 1.29 is 19.4 Å². The molecule has 0 aromatic heterocycles. The maximum atomic E-state index is 13.3. The number of rotatable bonds is 7. The molecule has 8 nitrogen and oxygen atoms in total. The number of piperazine rings is 2. The van der Waals surface area contributed by atoms with E-state index in [0.717, 1.165) is 70.1 Å². The highest BCUT2D eigenvalue weighted by atomic mass is 16.5. The SMILES string of the molecule is COc1ccccc1N1CCN(CC[C@@H]2CC[C@H](O)[C@@H](C(=O)N3CCN(c4ccccc4)CC3)O2)CC1. The van der Waals surface area contributed by atoms with E-state index in [9.17, 15) is 9.90 Å². The van der Waals surface area contributed by atoms with Crippen molar-refractivity contribution >= 4 is 17.3 Å². The number of aliphatic hydroxyl groups is 1. The van der Waals surface area contributed by atoms with Gasteiger partial charge in [0, 0.05) is 64.6 Å². The Morgan fingerprint density at radius 2 is 1.57 bits per heavy atom. The molecule has 37 heavy (non-hydrogen) atoms. The lowest BCUT2D eigenvalue weighted by molar-refractivity contribution is -0.168. The lowest BCUT2D eigenvalue weighted by Crippen LogP contribution is -2.56. The molecule has 0 unspecified atom stereocenters. The van der Waals surface area contributed by atoms with Gasteiger partial charge in [-0.2, -0.15) is 0 Å². The Balaban J connectivity index is 1.07. The van der Waals surface area contributed by atoms with E-state index in [-0.39, 0.29) is 12.0 Å². The van der Waals surface area contributed by atoms with Crippen LogP contribution < -0.4 is 14.5 Å². The molecule has 0 spiro atoms. The van der Waals surface area contributed by atoms with Gasteiger partial charge in [-0.15, -0.1) is 0 Å². The van der Waals surface area contributed by atoms with Crippen molar-refractivity contribution in [3.8, 4) is 5.75 Å². The molecule has 3 atom stereocenters. The standard InChI is InChI=1S/C29H40N4O4/c1-36-27-10-6-5-9-25(27)32-17-15-30(16-18-32)14-13-24-11-12-26(34)28(37-24)29(35)33-21-19-31(20-22-33)23-7-3-2-4-8-23/h2-10,24,26,28,34H,11-22H2,1H3/t24-,26-,28-/m0/s1. The molecule has 3 fully saturated rings. The molecule has 1 N–H and O–H groups in total. The molecule has 0 bridgehead atoms. The van der Waals surface area contributed by atoms with Crippen LogP contribution >= 0.6 is 0 Å². The predicted octanol–water partition coefficient (Wildman–Crippen LogP) is 2.46. The van der Waals surface area contributed by atoms with Gasteiger partial charge in [0.2, 0.25) is 0 Å². The fourth-order valence-corrected chi connectivity index (χ4v) is 5.74. The molecule has 200 valence electrons. The Labute approximate surface area is 220 Å². The number of anilines is 2. The minimum absolute atomic E-state index is 0.00945. The summed E-state index contributed by atoms with van der Waals surface area (Å²) in [7, 11) is 1.72. The highest BCUT2D eigenvalue weighted by Crippen LogP contribution is 2.29. The molecule has 0 aliphatic carbocycles. The molecule has 0 saturated carbocycles. The van der Waals surface area contributed by atoms with E-state index >= 15 is 0 Å². The topological polar surface area (TPSA) is 68.7 Å². The first-order valence-electron chi connectivity index (χ1n) is 13.6. The highest BCUT2D eigenvalue weighted by molar-refractivity contribution is 5.82. The smallest absolute Gasteiger partial charge is 0.254 e. The number of carbonyl (C=O) groups is 1. The van der Waals surface area contributed by atoms with Crippen LogP contribution in [0.2, 0.25) is 0 Å². The summed E-state index contributed by atoms with van der Waals surface area (Å²) in [6.45, 7) is 7.73. The molecule has 3 heterocycles. The van der Waals surface area contributed by atoms with Crippen LogP contribution in [0.3, 0.4) is 0 Å². The van der Waals surface area contributed by atoms with Crippen molar-refractivity contribution in [2.24, 2.45) is 0 Å². The number of benzene rings is 2. The summed E-state index contributed by atoms with van der Waals surface area (Å²) in [5.74, 6) is 0.859. The minimum Gasteiger partial charge on any atom is -0.495 e. The first kappa shape index (κ1) is 25.8. The number of aliphatic hydroxyl groups excluding tert-OH is 1. The lowest BCUT2D eigenvalue weighted by Gasteiger charge is -2.41. The third kappa shape index (κ3) is 6.20. The Bertz CT molecular complexity index is 1010. The zero-order chi connectivity index (χ0) is 25.6. The van der Waals surface area contributed by atoms with Crippen molar-refractivity contribution in [3.05, 3.63) is 54.6 Å². The quantitative estimate of drug-likeness (QED) is 0.616. The average molecular weight is 509 g/mol. The van der Waals surface area contributed by atoms with E-state index in [1.807, 2.05) is 35.2 Å². The average Bonchev–Trinajstić information content (AvgIpc) is 2.97. The summed E-state index contributed by atoms with van der Waals surface area (Å²) >= 11 is 0. The van der Waals surface area contributed by atoms with Crippen LogP contribution in [-0.4, -0.2) is 105 Å². The molecule has 1 amide bonds. The lowest BCUT2D eigenvalue weighted by atomic mass is 9.98. The van der Waals surface area contributed by atoms with Crippen molar-refractivity contribution in [2.75, 3.05) is 75.8 Å². The van der Waals surface area contributed by atoms with Crippen LogP contribution in [0.1, 0.15) is 19.3 Å². The molecule has 8 heteroatoms. The number of hydrogen-bond donors (Lipinski definition) is 1. The van der Waals surface area contributed by atoms with E-state index in [1.54, 1.807) is 7.11 Å². The van der Waals surface area contributed by atoms with Gasteiger partial charge < -0.3 is 29.3 Å². The molecular formula is C29H40N4O4. The van der Waals surface area contributed by atoms with Crippen molar-refractivity contribution in [2.45, 2.75) is 37.6 Å². The minimum atomic E-state index is -0.746. The number of ether oxygens (including phenoxy) is 2. The summed E-state index contributed by atoms with van der Waals surface area (Å²) in [6, 6.07) is 18.5. The first-order chi connectivity index (χ1) is 18.1. The van der Waals surface area contributed by atoms with Crippen LogP contribution in [0, 0.1) is 0 Å². The molecule has 2 aromatic carbocycles. The van der Waals surface area contributed by atoms with Crippen molar-refractivity contribution in [3.63, 3.8) is 0 Å². The second-order valence-electron chi connectivity index (χ2n) is 10.3. The Morgan fingerprint density at radius 1 is 0.892 bits per heavy atom. The zero-order valence-corrected chi connectivity index (χ0v) is 21.9. The highest BCUT2D eigenvalue weighted by Gasteiger charge is 2.38. The molecule has 3 aliphatic heterocycles. The number of amides is 1. The summed E-state index contributed by atoms with van der Waals surface area (Å²) < 4.78 is 11.8. The van der Waals surface area contributed by atoms with Crippen LogP contribution in [0.4, 0.5) is 11.4 Å². The Hall–Kier alpha value is -2.81. The van der Waals surface area contributed by atoms with E-state index in [0.29, 0.717) is 19.5 Å². The van der Waals surface area contributed by atoms with E-state index < -0.39 is 12.2 Å². The van der Waals surface area contributed by atoms with Gasteiger partial charge in [-0.05, 0) is 43.5 Å². The van der Waals surface area contributed by atoms with Crippen LogP contribution in [0.25, 0.3) is 0 Å². The fraction of sp³-hybridized carbons (Fsp3) is 0.552. The second-order valence-corrected chi connectivity index (χ2v) is 10.3. The third-order valence-electron chi connectivity index (χ3n) is 7.99. The van der Waals surface area contributed by atoms with Crippen LogP contribution in [0.15, 0.2) is 54.6 Å². The maximum Gasteiger partial charge on any atom is 0.254 e. The number of hydrogen-bond acceptors (Lipinski definition) is 7. The largest absolute Gasteiger partial charge is 0.495 e. The summed E-state index contributed by atoms with van der Waals surface area (Å²) in [5, 5.41) is 10.6. The van der Waals surface area contributed by atoms with Crippen molar-refractivity contribution in [1.82, 2.24) is 9.80 Å². The normalized spacial score (nSPS) is 25.2. The van der Waals surface area contributed by atoms with Gasteiger partial charge in [-0.25, -0.2) is 0 Å². The number of para-hydroxylation sites is 3. The number of methoxy groups -OCH3 is 1. The summed E-state index contributed by atoms with van der Waals surface area (Å²) in [5.41, 5.74) is 2.34. The predicted molar refractivity (Wildman–Crippen MR) is 145 cm³/mol. The molecule has 2 aromatic rings. The van der Waals surface area contributed by atoms with Gasteiger partial charge in [0.05, 0.1) is 25.0 Å². The number of nitrogens with zero attached hydrogens (tertiary/aromatic N) is 4. The van der Waals surface area contributed by atoms with Gasteiger partial charge in [0.15, 0.2) is 6.10 Å². The van der Waals surface area contributed by atoms with E-state index in [1.165, 1.54) is 5.69 Å². The van der Waals surface area contributed by atoms with Crippen molar-refractivity contribution in [1.29, 1.82) is 0 Å². The molecule has 3 saturated heterocycles. The number of carbonyl (C=O) groups excluding carboxylic acids is 1. The van der Waals surface area contributed by atoms with Gasteiger partial charge in [0.1, 0.15) is 5.75 Å². The van der Waals surface area contributed by atoms with Crippen LogP contribution in [-0.2, 0) is 9.53 Å². The molecular weight excluding hydrogens is 468 g/mol. The molecule has 0 radical (unpaired) electrons. The van der Waals surface area contributed by atoms with Gasteiger partial charge >= 0.3 is 0 Å². The summed E-state index contributed by atoms with van der Waals surface area (Å²) in [4.78, 5) is 22.3. The molecule has 3 aliphatic rings. The zero-order valence-electron chi connectivity index (χ0n) is 21.9. The molecule has 5 rings (SSSR count). The van der Waals surface area contributed by atoms with E-state index in [2.05, 4.69) is 39.0 Å². The second kappa shape index (κ2) is 12.2.